The van der Waals surface area contributed by atoms with Gasteiger partial charge in [0.05, 0.1) is 0 Å². The molecule has 0 aliphatic carbocycles. The molecule has 0 radical (unpaired) electrons. The van der Waals surface area contributed by atoms with Gasteiger partial charge in [-0.2, -0.15) is 8.42 Å². The lowest BCUT2D eigenvalue weighted by molar-refractivity contribution is 0.482. The number of fused-ring (bicyclic) bond motifs is 1. The zero-order valence-electron chi connectivity index (χ0n) is 23.2. The Morgan fingerprint density at radius 3 is 1.56 bits per heavy atom. The summed E-state index contributed by atoms with van der Waals surface area (Å²) in [6, 6.07) is 9.78. The lowest BCUT2D eigenvalue weighted by atomic mass is 9.93. The number of aryl methyl sites for hydroxylation is 1. The zero-order valence-corrected chi connectivity index (χ0v) is 24.0. The van der Waals surface area contributed by atoms with Gasteiger partial charge in [-0.1, -0.05) is 147 Å². The molecule has 0 heterocycles. The van der Waals surface area contributed by atoms with Crippen LogP contribution in [-0.2, 0) is 23.0 Å². The highest BCUT2D eigenvalue weighted by atomic mass is 32.2. The predicted molar refractivity (Wildman–Crippen MR) is 156 cm³/mol. The van der Waals surface area contributed by atoms with Gasteiger partial charge in [0, 0.05) is 5.39 Å². The molecule has 0 spiro atoms. The van der Waals surface area contributed by atoms with E-state index in [0.29, 0.717) is 5.39 Å². The number of unbranched alkanes of at least 4 members (excludes halogenated alkanes) is 16. The molecule has 2 aromatic carbocycles. The summed E-state index contributed by atoms with van der Waals surface area (Å²) in [7, 11) is -4.29. The monoisotopic (exact) mass is 516 g/mol. The fraction of sp³-hybridized carbons (Fsp3) is 0.688. The van der Waals surface area contributed by atoms with Crippen LogP contribution in [0.15, 0.2) is 35.2 Å². The van der Waals surface area contributed by atoms with E-state index in [1.807, 2.05) is 24.3 Å². The Hall–Kier alpha value is -1.39. The minimum Gasteiger partial charge on any atom is -0.282 e. The van der Waals surface area contributed by atoms with Crippen molar-refractivity contribution >= 4 is 20.9 Å². The van der Waals surface area contributed by atoms with Crippen LogP contribution in [0, 0.1) is 0 Å². The van der Waals surface area contributed by atoms with Gasteiger partial charge < -0.3 is 0 Å². The van der Waals surface area contributed by atoms with E-state index in [2.05, 4.69) is 19.9 Å². The van der Waals surface area contributed by atoms with E-state index < -0.39 is 10.1 Å². The van der Waals surface area contributed by atoms with Crippen molar-refractivity contribution in [3.8, 4) is 0 Å². The van der Waals surface area contributed by atoms with Crippen molar-refractivity contribution in [2.45, 2.75) is 147 Å². The zero-order chi connectivity index (χ0) is 26.1. The molecule has 0 aromatic heterocycles. The number of hydrogen-bond donors (Lipinski definition) is 1. The van der Waals surface area contributed by atoms with E-state index in [9.17, 15) is 13.0 Å². The van der Waals surface area contributed by atoms with Gasteiger partial charge in [-0.3, -0.25) is 4.55 Å². The second-order valence-electron chi connectivity index (χ2n) is 10.7. The molecule has 4 heteroatoms. The summed E-state index contributed by atoms with van der Waals surface area (Å²) in [5.41, 5.74) is 1.97. The molecule has 2 aromatic rings. The summed E-state index contributed by atoms with van der Waals surface area (Å²) < 4.78 is 35.4. The topological polar surface area (TPSA) is 54.4 Å². The van der Waals surface area contributed by atoms with Crippen LogP contribution in [0.2, 0.25) is 0 Å². The van der Waals surface area contributed by atoms with Gasteiger partial charge in [0.2, 0.25) is 0 Å². The Labute approximate surface area is 222 Å². The Morgan fingerprint density at radius 2 is 1.06 bits per heavy atom. The molecular formula is C32H52O3S. The largest absolute Gasteiger partial charge is 0.295 e. The fourth-order valence-corrected chi connectivity index (χ4v) is 6.45. The Bertz CT molecular complexity index is 965. The van der Waals surface area contributed by atoms with Crippen LogP contribution in [0.5, 0.6) is 0 Å². The van der Waals surface area contributed by atoms with E-state index in [-0.39, 0.29) is 4.90 Å². The maximum atomic E-state index is 12.6. The van der Waals surface area contributed by atoms with Crippen molar-refractivity contribution in [1.82, 2.24) is 0 Å². The fourth-order valence-electron chi connectivity index (χ4n) is 5.44. The van der Waals surface area contributed by atoms with Crippen LogP contribution >= 0.6 is 0 Å². The summed E-state index contributed by atoms with van der Waals surface area (Å²) in [4.78, 5) is 0.158. The molecule has 0 fully saturated rings. The third-order valence-corrected chi connectivity index (χ3v) is 8.52. The average Bonchev–Trinajstić information content (AvgIpc) is 2.85. The molecule has 0 aliphatic heterocycles. The van der Waals surface area contributed by atoms with E-state index in [1.165, 1.54) is 96.3 Å². The summed E-state index contributed by atoms with van der Waals surface area (Å²) >= 11 is 0. The second kappa shape index (κ2) is 18.0. The van der Waals surface area contributed by atoms with Gasteiger partial charge in [-0.05, 0) is 42.2 Å². The summed E-state index contributed by atoms with van der Waals surface area (Å²) in [5.74, 6) is 0. The van der Waals surface area contributed by atoms with Gasteiger partial charge in [0.1, 0.15) is 4.90 Å². The van der Waals surface area contributed by atoms with Crippen molar-refractivity contribution in [3.63, 3.8) is 0 Å². The van der Waals surface area contributed by atoms with E-state index >= 15 is 0 Å². The van der Waals surface area contributed by atoms with Gasteiger partial charge in [-0.15, -0.1) is 0 Å². The predicted octanol–water partition coefficient (Wildman–Crippen LogP) is 10.2. The smallest absolute Gasteiger partial charge is 0.282 e. The molecule has 36 heavy (non-hydrogen) atoms. The first-order valence-electron chi connectivity index (χ1n) is 15.0. The molecule has 204 valence electrons. The van der Waals surface area contributed by atoms with Crippen molar-refractivity contribution in [3.05, 3.63) is 41.5 Å². The Kier molecular flexibility index (Phi) is 15.4. The maximum Gasteiger partial charge on any atom is 0.295 e. The second-order valence-corrected chi connectivity index (χ2v) is 12.1. The molecular weight excluding hydrogens is 464 g/mol. The summed E-state index contributed by atoms with van der Waals surface area (Å²) in [5, 5.41) is 1.56. The highest BCUT2D eigenvalue weighted by molar-refractivity contribution is 7.86. The maximum absolute atomic E-state index is 12.6. The van der Waals surface area contributed by atoms with Gasteiger partial charge in [-0.25, -0.2) is 0 Å². The minimum atomic E-state index is -4.29. The van der Waals surface area contributed by atoms with Gasteiger partial charge in [0.25, 0.3) is 10.1 Å². The molecule has 0 saturated heterocycles. The number of hydrogen-bond acceptors (Lipinski definition) is 2. The SMILES string of the molecule is CCCCCCCCCCCc1cc2ccccc2c(S(=O)(=O)O)c1CCCCCCCCCCC. The van der Waals surface area contributed by atoms with Gasteiger partial charge >= 0.3 is 0 Å². The quantitative estimate of drug-likeness (QED) is 0.133. The molecule has 3 nitrogen and oxygen atoms in total. The van der Waals surface area contributed by atoms with Crippen LogP contribution in [0.1, 0.15) is 141 Å². The van der Waals surface area contributed by atoms with E-state index in [0.717, 1.165) is 48.6 Å². The Balaban J connectivity index is 2.00. The van der Waals surface area contributed by atoms with Crippen molar-refractivity contribution in [2.75, 3.05) is 0 Å². The van der Waals surface area contributed by atoms with Crippen LogP contribution in [-0.4, -0.2) is 13.0 Å². The number of benzene rings is 2. The molecule has 0 amide bonds. The van der Waals surface area contributed by atoms with Crippen LogP contribution in [0.25, 0.3) is 10.8 Å². The van der Waals surface area contributed by atoms with E-state index in [4.69, 9.17) is 0 Å². The lowest BCUT2D eigenvalue weighted by Crippen LogP contribution is -2.08. The van der Waals surface area contributed by atoms with Crippen molar-refractivity contribution < 1.29 is 13.0 Å². The molecule has 0 bridgehead atoms. The first-order valence-corrected chi connectivity index (χ1v) is 16.4. The minimum absolute atomic E-state index is 0.158. The first-order chi connectivity index (χ1) is 17.5. The van der Waals surface area contributed by atoms with Crippen molar-refractivity contribution in [2.24, 2.45) is 0 Å². The normalized spacial score (nSPS) is 12.0. The summed E-state index contributed by atoms with van der Waals surface area (Å²) in [6.07, 6.45) is 24.2. The third kappa shape index (κ3) is 11.3. The number of rotatable bonds is 21. The lowest BCUT2D eigenvalue weighted by Gasteiger charge is -2.17. The van der Waals surface area contributed by atoms with Gasteiger partial charge in [0.15, 0.2) is 0 Å². The molecule has 0 atom stereocenters. The summed E-state index contributed by atoms with van der Waals surface area (Å²) in [6.45, 7) is 4.50. The van der Waals surface area contributed by atoms with Crippen LogP contribution in [0.4, 0.5) is 0 Å². The average molecular weight is 517 g/mol. The highest BCUT2D eigenvalue weighted by Crippen LogP contribution is 2.32. The standard InChI is InChI=1S/C32H52O3S/c1-3-5-7-9-11-13-15-17-19-23-28-27-29-24-21-22-26-31(29)32(36(33,34)35)30(28)25-20-18-16-14-12-10-8-6-4-2/h21-22,24,26-27H,3-20,23,25H2,1-2H3,(H,33,34,35). The Morgan fingerprint density at radius 1 is 0.611 bits per heavy atom. The first kappa shape index (κ1) is 30.8. The molecule has 0 aliphatic rings. The molecule has 2 rings (SSSR count). The molecule has 0 saturated carbocycles. The third-order valence-electron chi connectivity index (χ3n) is 7.53. The highest BCUT2D eigenvalue weighted by Gasteiger charge is 2.22. The molecule has 0 unspecified atom stereocenters. The molecule has 1 N–H and O–H groups in total. The van der Waals surface area contributed by atoms with Crippen molar-refractivity contribution in [1.29, 1.82) is 0 Å². The van der Waals surface area contributed by atoms with E-state index in [1.54, 1.807) is 0 Å². The van der Waals surface area contributed by atoms with Crippen LogP contribution < -0.4 is 0 Å². The van der Waals surface area contributed by atoms with Crippen LogP contribution in [0.3, 0.4) is 0 Å².